The molecule has 0 fully saturated rings. The Morgan fingerprint density at radius 1 is 0.750 bits per heavy atom. The van der Waals surface area contributed by atoms with Gasteiger partial charge >= 0.3 is 7.12 Å². The summed E-state index contributed by atoms with van der Waals surface area (Å²) in [7, 11) is -1.49. The molecule has 1 aromatic heterocycles. The molecule has 0 spiro atoms. The van der Waals surface area contributed by atoms with Gasteiger partial charge in [-0.25, -0.2) is 0 Å². The van der Waals surface area contributed by atoms with Crippen molar-refractivity contribution in [2.75, 3.05) is 0 Å². The van der Waals surface area contributed by atoms with Gasteiger partial charge in [0, 0.05) is 10.8 Å². The van der Waals surface area contributed by atoms with Crippen molar-refractivity contribution in [3.05, 3.63) is 54.6 Å². The molecule has 4 aromatic rings. The fourth-order valence-electron chi connectivity index (χ4n) is 2.75. The average molecular weight is 262 g/mol. The van der Waals surface area contributed by atoms with Gasteiger partial charge in [-0.1, -0.05) is 36.4 Å². The Kier molecular flexibility index (Phi) is 2.36. The second-order valence-corrected chi connectivity index (χ2v) is 4.89. The van der Waals surface area contributed by atoms with Crippen molar-refractivity contribution < 1.29 is 14.5 Å². The summed E-state index contributed by atoms with van der Waals surface area (Å²) in [6.45, 7) is 0. The molecule has 4 heteroatoms. The van der Waals surface area contributed by atoms with Gasteiger partial charge in [-0.05, 0) is 34.4 Å². The minimum Gasteiger partial charge on any atom is -0.456 e. The van der Waals surface area contributed by atoms with Crippen LogP contribution >= 0.6 is 0 Å². The normalized spacial score (nSPS) is 11.5. The summed E-state index contributed by atoms with van der Waals surface area (Å²) in [6, 6.07) is 17.3. The first-order chi connectivity index (χ1) is 9.74. The molecule has 0 saturated heterocycles. The molecule has 0 atom stereocenters. The van der Waals surface area contributed by atoms with Crippen molar-refractivity contribution in [3.63, 3.8) is 0 Å². The smallest absolute Gasteiger partial charge is 0.456 e. The van der Waals surface area contributed by atoms with E-state index in [2.05, 4.69) is 0 Å². The predicted molar refractivity (Wildman–Crippen MR) is 81.1 cm³/mol. The number of fused-ring (bicyclic) bond motifs is 4. The van der Waals surface area contributed by atoms with E-state index < -0.39 is 7.12 Å². The maximum atomic E-state index is 9.46. The largest absolute Gasteiger partial charge is 0.489 e. The maximum absolute atomic E-state index is 9.46. The van der Waals surface area contributed by atoms with Crippen molar-refractivity contribution in [1.82, 2.24) is 0 Å². The maximum Gasteiger partial charge on any atom is 0.489 e. The third kappa shape index (κ3) is 1.56. The quantitative estimate of drug-likeness (QED) is 0.518. The third-order valence-electron chi connectivity index (χ3n) is 3.69. The summed E-state index contributed by atoms with van der Waals surface area (Å²) in [4.78, 5) is 0. The van der Waals surface area contributed by atoms with Crippen LogP contribution in [0.25, 0.3) is 32.7 Å². The van der Waals surface area contributed by atoms with Crippen LogP contribution in [0.15, 0.2) is 59.0 Å². The Bertz CT molecular complexity index is 940. The van der Waals surface area contributed by atoms with E-state index in [1.54, 1.807) is 6.07 Å². The summed E-state index contributed by atoms with van der Waals surface area (Å²) >= 11 is 0. The van der Waals surface area contributed by atoms with Gasteiger partial charge in [-0.3, -0.25) is 0 Å². The van der Waals surface area contributed by atoms with E-state index in [0.717, 1.165) is 32.7 Å². The molecule has 3 aromatic carbocycles. The van der Waals surface area contributed by atoms with Crippen LogP contribution in [0.5, 0.6) is 0 Å². The third-order valence-corrected chi connectivity index (χ3v) is 3.69. The monoisotopic (exact) mass is 262 g/mol. The van der Waals surface area contributed by atoms with E-state index in [1.807, 2.05) is 48.5 Å². The number of hydrogen-bond donors (Lipinski definition) is 2. The molecule has 0 radical (unpaired) electrons. The first kappa shape index (κ1) is 11.5. The molecule has 2 N–H and O–H groups in total. The molecule has 4 rings (SSSR count). The standard InChI is InChI=1S/C16H11BO3/c18-17(19)14-6-3-4-10-8-13-11-5-1-2-7-15(11)20-16(13)9-12(10)14/h1-9,18-19H. The van der Waals surface area contributed by atoms with Gasteiger partial charge in [-0.15, -0.1) is 0 Å². The zero-order chi connectivity index (χ0) is 13.7. The molecule has 1 heterocycles. The highest BCUT2D eigenvalue weighted by Gasteiger charge is 2.16. The number of furan rings is 1. The lowest BCUT2D eigenvalue weighted by molar-refractivity contribution is 0.426. The summed E-state index contributed by atoms with van der Waals surface area (Å²) in [5.41, 5.74) is 2.08. The van der Waals surface area contributed by atoms with Gasteiger partial charge in [0.25, 0.3) is 0 Å². The lowest BCUT2D eigenvalue weighted by Gasteiger charge is -2.05. The van der Waals surface area contributed by atoms with E-state index in [0.29, 0.717) is 5.46 Å². The molecule has 0 aliphatic heterocycles. The highest BCUT2D eigenvalue weighted by Crippen LogP contribution is 2.31. The van der Waals surface area contributed by atoms with E-state index in [-0.39, 0.29) is 0 Å². The Morgan fingerprint density at radius 3 is 2.45 bits per heavy atom. The zero-order valence-corrected chi connectivity index (χ0v) is 10.6. The molecule has 3 nitrogen and oxygen atoms in total. The molecule has 0 unspecified atom stereocenters. The van der Waals surface area contributed by atoms with Gasteiger partial charge in [-0.2, -0.15) is 0 Å². The lowest BCUT2D eigenvalue weighted by atomic mass is 9.77. The Labute approximate surface area is 115 Å². The molecule has 0 aliphatic carbocycles. The minimum atomic E-state index is -1.49. The van der Waals surface area contributed by atoms with Crippen molar-refractivity contribution in [2.45, 2.75) is 0 Å². The first-order valence-corrected chi connectivity index (χ1v) is 6.44. The fraction of sp³-hybridized carbons (Fsp3) is 0. The van der Waals surface area contributed by atoms with Crippen LogP contribution in [0.4, 0.5) is 0 Å². The van der Waals surface area contributed by atoms with Crippen LogP contribution < -0.4 is 5.46 Å². The summed E-state index contributed by atoms with van der Waals surface area (Å²) in [6.07, 6.45) is 0. The summed E-state index contributed by atoms with van der Waals surface area (Å²) in [5, 5.41) is 22.8. The average Bonchev–Trinajstić information content (AvgIpc) is 2.81. The highest BCUT2D eigenvalue weighted by molar-refractivity contribution is 6.62. The van der Waals surface area contributed by atoms with Gasteiger partial charge in [0.1, 0.15) is 11.2 Å². The Morgan fingerprint density at radius 2 is 1.60 bits per heavy atom. The molecule has 0 amide bonds. The van der Waals surface area contributed by atoms with Crippen LogP contribution in [-0.4, -0.2) is 17.2 Å². The number of benzene rings is 3. The summed E-state index contributed by atoms with van der Waals surface area (Å²) < 4.78 is 5.83. The molecular weight excluding hydrogens is 251 g/mol. The number of para-hydroxylation sites is 1. The molecule has 96 valence electrons. The molecular formula is C16H11BO3. The second-order valence-electron chi connectivity index (χ2n) is 4.89. The van der Waals surface area contributed by atoms with Crippen molar-refractivity contribution in [1.29, 1.82) is 0 Å². The Hall–Kier alpha value is -2.30. The van der Waals surface area contributed by atoms with Crippen LogP contribution in [0, 0.1) is 0 Å². The minimum absolute atomic E-state index is 0.491. The van der Waals surface area contributed by atoms with E-state index >= 15 is 0 Å². The van der Waals surface area contributed by atoms with Gasteiger partial charge in [0.2, 0.25) is 0 Å². The van der Waals surface area contributed by atoms with Gasteiger partial charge in [0.05, 0.1) is 0 Å². The second kappa shape index (κ2) is 4.10. The van der Waals surface area contributed by atoms with E-state index in [4.69, 9.17) is 4.42 Å². The van der Waals surface area contributed by atoms with Gasteiger partial charge in [0.15, 0.2) is 0 Å². The van der Waals surface area contributed by atoms with Crippen molar-refractivity contribution in [3.8, 4) is 0 Å². The van der Waals surface area contributed by atoms with Crippen LogP contribution in [0.1, 0.15) is 0 Å². The van der Waals surface area contributed by atoms with Crippen LogP contribution in [0.3, 0.4) is 0 Å². The van der Waals surface area contributed by atoms with Crippen LogP contribution in [-0.2, 0) is 0 Å². The predicted octanol–water partition coefficient (Wildman–Crippen LogP) is 2.42. The lowest BCUT2D eigenvalue weighted by Crippen LogP contribution is -2.30. The van der Waals surface area contributed by atoms with Crippen molar-refractivity contribution >= 4 is 45.3 Å². The SMILES string of the molecule is OB(O)c1cccc2cc3c(cc12)oc1ccccc13. The molecule has 0 saturated carbocycles. The van der Waals surface area contributed by atoms with E-state index in [1.165, 1.54) is 0 Å². The first-order valence-electron chi connectivity index (χ1n) is 6.44. The molecule has 0 aliphatic rings. The Balaban J connectivity index is 2.18. The highest BCUT2D eigenvalue weighted by atomic mass is 16.4. The zero-order valence-electron chi connectivity index (χ0n) is 10.6. The van der Waals surface area contributed by atoms with E-state index in [9.17, 15) is 10.0 Å². The molecule has 20 heavy (non-hydrogen) atoms. The van der Waals surface area contributed by atoms with Crippen LogP contribution in [0.2, 0.25) is 0 Å². The molecule has 0 bridgehead atoms. The number of rotatable bonds is 1. The topological polar surface area (TPSA) is 53.6 Å². The van der Waals surface area contributed by atoms with Crippen molar-refractivity contribution in [2.24, 2.45) is 0 Å². The fourth-order valence-corrected chi connectivity index (χ4v) is 2.75. The summed E-state index contributed by atoms with van der Waals surface area (Å²) in [5.74, 6) is 0. The number of hydrogen-bond acceptors (Lipinski definition) is 3. The van der Waals surface area contributed by atoms with Gasteiger partial charge < -0.3 is 14.5 Å².